The summed E-state index contributed by atoms with van der Waals surface area (Å²) >= 11 is 0. The van der Waals surface area contributed by atoms with Crippen LogP contribution in [-0.4, -0.2) is 23.3 Å². The number of amides is 2. The van der Waals surface area contributed by atoms with Gasteiger partial charge in [0.15, 0.2) is 0 Å². The first-order valence-corrected chi connectivity index (χ1v) is 8.47. The van der Waals surface area contributed by atoms with Crippen molar-refractivity contribution in [2.45, 2.75) is 33.1 Å². The number of benzene rings is 1. The molecule has 2 rings (SSSR count). The molecule has 1 heterocycles. The zero-order valence-corrected chi connectivity index (χ0v) is 14.6. The third-order valence-corrected chi connectivity index (χ3v) is 3.57. The molecular weight excluding hydrogens is 316 g/mol. The highest BCUT2D eigenvalue weighted by Crippen LogP contribution is 2.15. The third-order valence-electron chi connectivity index (χ3n) is 3.57. The predicted molar refractivity (Wildman–Crippen MR) is 101 cm³/mol. The predicted octanol–water partition coefficient (Wildman–Crippen LogP) is 3.89. The SMILES string of the molecule is CCCCCNc1ccc(C(=O)Nc2ccc(NC(C)=O)cc2)nc1. The summed E-state index contributed by atoms with van der Waals surface area (Å²) < 4.78 is 0. The number of rotatable bonds is 8. The summed E-state index contributed by atoms with van der Waals surface area (Å²) in [6.45, 7) is 4.52. The molecule has 2 aromatic rings. The summed E-state index contributed by atoms with van der Waals surface area (Å²) in [6.07, 6.45) is 5.17. The number of nitrogens with one attached hydrogen (secondary N) is 3. The van der Waals surface area contributed by atoms with Gasteiger partial charge in [-0.3, -0.25) is 9.59 Å². The molecule has 0 spiro atoms. The van der Waals surface area contributed by atoms with Crippen molar-refractivity contribution in [1.29, 1.82) is 0 Å². The van der Waals surface area contributed by atoms with Gasteiger partial charge in [-0.2, -0.15) is 0 Å². The number of nitrogens with zero attached hydrogens (tertiary/aromatic N) is 1. The number of anilines is 3. The fraction of sp³-hybridized carbons (Fsp3) is 0.316. The lowest BCUT2D eigenvalue weighted by atomic mass is 10.2. The van der Waals surface area contributed by atoms with Crippen LogP contribution in [0, 0.1) is 0 Å². The largest absolute Gasteiger partial charge is 0.384 e. The van der Waals surface area contributed by atoms with E-state index in [0.29, 0.717) is 17.1 Å². The van der Waals surface area contributed by atoms with E-state index in [4.69, 9.17) is 0 Å². The molecule has 0 aliphatic carbocycles. The van der Waals surface area contributed by atoms with Crippen LogP contribution in [-0.2, 0) is 4.79 Å². The van der Waals surface area contributed by atoms with Gasteiger partial charge >= 0.3 is 0 Å². The van der Waals surface area contributed by atoms with Gasteiger partial charge in [-0.15, -0.1) is 0 Å². The molecular formula is C19H24N4O2. The molecule has 2 amide bonds. The summed E-state index contributed by atoms with van der Waals surface area (Å²) in [4.78, 5) is 27.4. The normalized spacial score (nSPS) is 10.2. The Kier molecular flexibility index (Phi) is 6.95. The van der Waals surface area contributed by atoms with Crippen LogP contribution < -0.4 is 16.0 Å². The highest BCUT2D eigenvalue weighted by molar-refractivity contribution is 6.03. The van der Waals surface area contributed by atoms with E-state index in [2.05, 4.69) is 27.9 Å². The fourth-order valence-electron chi connectivity index (χ4n) is 2.28. The average Bonchev–Trinajstić information content (AvgIpc) is 2.60. The molecule has 3 N–H and O–H groups in total. The Hall–Kier alpha value is -2.89. The van der Waals surface area contributed by atoms with Gasteiger partial charge in [0.2, 0.25) is 5.91 Å². The number of unbranched alkanes of at least 4 members (excludes halogenated alkanes) is 2. The van der Waals surface area contributed by atoms with Crippen LogP contribution in [0.5, 0.6) is 0 Å². The van der Waals surface area contributed by atoms with Crippen molar-refractivity contribution in [1.82, 2.24) is 4.98 Å². The molecule has 0 atom stereocenters. The average molecular weight is 340 g/mol. The molecule has 0 aliphatic heterocycles. The lowest BCUT2D eigenvalue weighted by molar-refractivity contribution is -0.114. The number of aromatic nitrogens is 1. The van der Waals surface area contributed by atoms with Gasteiger partial charge in [-0.25, -0.2) is 4.98 Å². The van der Waals surface area contributed by atoms with E-state index in [1.54, 1.807) is 36.5 Å². The molecule has 132 valence electrons. The summed E-state index contributed by atoms with van der Waals surface area (Å²) in [5.74, 6) is -0.408. The Bertz CT molecular complexity index is 696. The maximum absolute atomic E-state index is 12.2. The lowest BCUT2D eigenvalue weighted by Crippen LogP contribution is -2.14. The Morgan fingerprint density at radius 3 is 2.12 bits per heavy atom. The molecule has 0 unspecified atom stereocenters. The van der Waals surface area contributed by atoms with Crippen molar-refractivity contribution in [2.24, 2.45) is 0 Å². The van der Waals surface area contributed by atoms with Gasteiger partial charge in [-0.05, 0) is 42.8 Å². The molecule has 1 aromatic heterocycles. The summed E-state index contributed by atoms with van der Waals surface area (Å²) in [5, 5.41) is 8.75. The fourth-order valence-corrected chi connectivity index (χ4v) is 2.28. The van der Waals surface area contributed by atoms with E-state index < -0.39 is 0 Å². The molecule has 0 fully saturated rings. The van der Waals surface area contributed by atoms with Gasteiger partial charge in [0.1, 0.15) is 5.69 Å². The standard InChI is InChI=1S/C19H24N4O2/c1-3-4-5-12-20-17-10-11-18(21-13-17)19(25)23-16-8-6-15(7-9-16)22-14(2)24/h6-11,13,20H,3-5,12H2,1-2H3,(H,22,24)(H,23,25). The number of pyridine rings is 1. The van der Waals surface area contributed by atoms with Crippen LogP contribution in [0.1, 0.15) is 43.6 Å². The molecule has 0 aliphatic rings. The highest BCUT2D eigenvalue weighted by Gasteiger charge is 2.08. The number of carbonyl (C=O) groups is 2. The van der Waals surface area contributed by atoms with Gasteiger partial charge in [-0.1, -0.05) is 19.8 Å². The van der Waals surface area contributed by atoms with Crippen LogP contribution in [0.2, 0.25) is 0 Å². The van der Waals surface area contributed by atoms with Crippen molar-refractivity contribution >= 4 is 28.9 Å². The topological polar surface area (TPSA) is 83.1 Å². The second-order valence-electron chi connectivity index (χ2n) is 5.78. The highest BCUT2D eigenvalue weighted by atomic mass is 16.2. The van der Waals surface area contributed by atoms with Gasteiger partial charge < -0.3 is 16.0 Å². The van der Waals surface area contributed by atoms with Crippen LogP contribution in [0.15, 0.2) is 42.6 Å². The Labute approximate surface area is 148 Å². The third kappa shape index (κ3) is 6.25. The van der Waals surface area contributed by atoms with Crippen molar-refractivity contribution in [2.75, 3.05) is 22.5 Å². The quantitative estimate of drug-likeness (QED) is 0.637. The maximum atomic E-state index is 12.2. The minimum Gasteiger partial charge on any atom is -0.384 e. The Balaban J connectivity index is 1.88. The van der Waals surface area contributed by atoms with Crippen molar-refractivity contribution in [3.05, 3.63) is 48.3 Å². The second-order valence-corrected chi connectivity index (χ2v) is 5.78. The molecule has 0 radical (unpaired) electrons. The lowest BCUT2D eigenvalue weighted by Gasteiger charge is -2.08. The van der Waals surface area contributed by atoms with Crippen molar-refractivity contribution in [3.8, 4) is 0 Å². The molecule has 0 saturated heterocycles. The molecule has 0 saturated carbocycles. The summed E-state index contributed by atoms with van der Waals surface area (Å²) in [6, 6.07) is 10.5. The minimum atomic E-state index is -0.273. The van der Waals surface area contributed by atoms with Crippen LogP contribution in [0.25, 0.3) is 0 Å². The number of hydrogen-bond donors (Lipinski definition) is 3. The van der Waals surface area contributed by atoms with E-state index in [-0.39, 0.29) is 11.8 Å². The summed E-state index contributed by atoms with van der Waals surface area (Å²) in [5.41, 5.74) is 2.59. The van der Waals surface area contributed by atoms with E-state index >= 15 is 0 Å². The number of hydrogen-bond acceptors (Lipinski definition) is 4. The minimum absolute atomic E-state index is 0.135. The number of carbonyl (C=O) groups excluding carboxylic acids is 2. The molecule has 6 nitrogen and oxygen atoms in total. The Morgan fingerprint density at radius 2 is 1.56 bits per heavy atom. The zero-order chi connectivity index (χ0) is 18.1. The van der Waals surface area contributed by atoms with Crippen LogP contribution in [0.4, 0.5) is 17.1 Å². The van der Waals surface area contributed by atoms with E-state index in [9.17, 15) is 9.59 Å². The smallest absolute Gasteiger partial charge is 0.274 e. The monoisotopic (exact) mass is 340 g/mol. The van der Waals surface area contributed by atoms with Gasteiger partial charge in [0.05, 0.1) is 11.9 Å². The van der Waals surface area contributed by atoms with Crippen LogP contribution >= 0.6 is 0 Å². The van der Waals surface area contributed by atoms with E-state index in [1.807, 2.05) is 6.07 Å². The van der Waals surface area contributed by atoms with E-state index in [1.165, 1.54) is 19.8 Å². The second kappa shape index (κ2) is 9.42. The van der Waals surface area contributed by atoms with Crippen LogP contribution in [0.3, 0.4) is 0 Å². The van der Waals surface area contributed by atoms with Crippen molar-refractivity contribution in [3.63, 3.8) is 0 Å². The molecule has 6 heteroatoms. The zero-order valence-electron chi connectivity index (χ0n) is 14.6. The summed E-state index contributed by atoms with van der Waals surface area (Å²) in [7, 11) is 0. The first kappa shape index (κ1) is 18.4. The van der Waals surface area contributed by atoms with Crippen molar-refractivity contribution < 1.29 is 9.59 Å². The Morgan fingerprint density at radius 1 is 0.920 bits per heavy atom. The van der Waals surface area contributed by atoms with E-state index in [0.717, 1.165) is 18.7 Å². The first-order valence-electron chi connectivity index (χ1n) is 8.47. The van der Waals surface area contributed by atoms with Gasteiger partial charge in [0, 0.05) is 24.8 Å². The molecule has 25 heavy (non-hydrogen) atoms. The maximum Gasteiger partial charge on any atom is 0.274 e. The molecule has 1 aromatic carbocycles. The molecule has 0 bridgehead atoms. The first-order chi connectivity index (χ1) is 12.1. The van der Waals surface area contributed by atoms with Gasteiger partial charge in [0.25, 0.3) is 5.91 Å².